The Bertz CT molecular complexity index is 790. The average Bonchev–Trinajstić information content (AvgIpc) is 2.61. The summed E-state index contributed by atoms with van der Waals surface area (Å²) in [5.74, 6) is 5.25. The average molecular weight is 410 g/mol. The largest absolute Gasteiger partial charge is 0.444 e. The van der Waals surface area contributed by atoms with Gasteiger partial charge in [0.2, 0.25) is 0 Å². The molecule has 1 aliphatic heterocycles. The minimum atomic E-state index is -0.547. The topological polar surface area (TPSA) is 61.9 Å². The zero-order chi connectivity index (χ0) is 20.9. The SMILES string of the molecule is CC(C#Cc1ccc(F)c(Cl)c1)NC(=O)N1CCN(C(=O)OC(C)(C)C)CC1. The molecule has 28 heavy (non-hydrogen) atoms. The number of nitrogens with zero attached hydrogens (tertiary/aromatic N) is 2. The van der Waals surface area contributed by atoms with Crippen LogP contribution in [0.3, 0.4) is 0 Å². The first-order valence-corrected chi connectivity index (χ1v) is 9.43. The number of urea groups is 1. The monoisotopic (exact) mass is 409 g/mol. The molecule has 3 amide bonds. The van der Waals surface area contributed by atoms with Crippen LogP contribution in [0.15, 0.2) is 18.2 Å². The highest BCUT2D eigenvalue weighted by Gasteiger charge is 2.27. The molecular weight excluding hydrogens is 385 g/mol. The lowest BCUT2D eigenvalue weighted by Crippen LogP contribution is -2.54. The summed E-state index contributed by atoms with van der Waals surface area (Å²) in [7, 11) is 0. The summed E-state index contributed by atoms with van der Waals surface area (Å²) in [6.07, 6.45) is -0.371. The molecule has 1 unspecified atom stereocenters. The van der Waals surface area contributed by atoms with Crippen LogP contribution in [0.1, 0.15) is 33.3 Å². The molecule has 0 aromatic heterocycles. The molecule has 0 bridgehead atoms. The summed E-state index contributed by atoms with van der Waals surface area (Å²) in [6.45, 7) is 8.86. The predicted molar refractivity (Wildman–Crippen MR) is 106 cm³/mol. The van der Waals surface area contributed by atoms with Crippen molar-refractivity contribution in [2.45, 2.75) is 39.3 Å². The molecule has 1 saturated heterocycles. The summed E-state index contributed by atoms with van der Waals surface area (Å²) in [5, 5.41) is 2.81. The zero-order valence-electron chi connectivity index (χ0n) is 16.5. The number of benzene rings is 1. The number of nitrogens with one attached hydrogen (secondary N) is 1. The van der Waals surface area contributed by atoms with E-state index in [-0.39, 0.29) is 17.1 Å². The van der Waals surface area contributed by atoms with E-state index in [9.17, 15) is 14.0 Å². The molecule has 1 N–H and O–H groups in total. The third kappa shape index (κ3) is 6.61. The molecule has 1 aromatic rings. The van der Waals surface area contributed by atoms with Gasteiger partial charge < -0.3 is 19.9 Å². The summed E-state index contributed by atoms with van der Waals surface area (Å²) >= 11 is 5.73. The fraction of sp³-hybridized carbons (Fsp3) is 0.500. The van der Waals surface area contributed by atoms with E-state index >= 15 is 0 Å². The van der Waals surface area contributed by atoms with E-state index in [1.807, 2.05) is 20.8 Å². The number of carbonyl (C=O) groups excluding carboxylic acids is 2. The van der Waals surface area contributed by atoms with Crippen molar-refractivity contribution in [3.63, 3.8) is 0 Å². The molecule has 1 aliphatic rings. The van der Waals surface area contributed by atoms with Gasteiger partial charge in [0.15, 0.2) is 0 Å². The molecule has 152 valence electrons. The van der Waals surface area contributed by atoms with Crippen molar-refractivity contribution >= 4 is 23.7 Å². The second-order valence-corrected chi connectivity index (χ2v) is 7.93. The fourth-order valence-electron chi connectivity index (χ4n) is 2.50. The molecule has 1 atom stereocenters. The number of amides is 3. The second-order valence-electron chi connectivity index (χ2n) is 7.52. The third-order valence-electron chi connectivity index (χ3n) is 3.91. The Balaban J connectivity index is 1.83. The van der Waals surface area contributed by atoms with Crippen LogP contribution in [-0.4, -0.2) is 59.7 Å². The van der Waals surface area contributed by atoms with Crippen LogP contribution in [0.25, 0.3) is 0 Å². The van der Waals surface area contributed by atoms with Crippen molar-refractivity contribution in [1.82, 2.24) is 15.1 Å². The lowest BCUT2D eigenvalue weighted by atomic mass is 10.2. The van der Waals surface area contributed by atoms with Crippen molar-refractivity contribution in [3.05, 3.63) is 34.6 Å². The molecule has 6 nitrogen and oxygen atoms in total. The Kier molecular flexibility index (Phi) is 7.14. The van der Waals surface area contributed by atoms with E-state index in [1.165, 1.54) is 18.2 Å². The van der Waals surface area contributed by atoms with E-state index in [2.05, 4.69) is 17.2 Å². The van der Waals surface area contributed by atoms with Crippen LogP contribution in [0.5, 0.6) is 0 Å². The number of halogens is 2. The molecule has 1 fully saturated rings. The Morgan fingerprint density at radius 2 is 1.82 bits per heavy atom. The maximum absolute atomic E-state index is 13.2. The Hall–Kier alpha value is -2.46. The van der Waals surface area contributed by atoms with Crippen molar-refractivity contribution < 1.29 is 18.7 Å². The maximum atomic E-state index is 13.2. The van der Waals surface area contributed by atoms with Crippen molar-refractivity contribution in [2.75, 3.05) is 26.2 Å². The summed E-state index contributed by atoms with van der Waals surface area (Å²) in [5.41, 5.74) is 0.0209. The predicted octanol–water partition coefficient (Wildman–Crippen LogP) is 3.48. The molecule has 0 saturated carbocycles. The minimum absolute atomic E-state index is 0.00588. The van der Waals surface area contributed by atoms with Gasteiger partial charge in [-0.25, -0.2) is 14.0 Å². The normalized spacial score (nSPS) is 15.4. The highest BCUT2D eigenvalue weighted by Crippen LogP contribution is 2.15. The number of ether oxygens (including phenoxy) is 1. The van der Waals surface area contributed by atoms with Gasteiger partial charge in [0.1, 0.15) is 11.4 Å². The molecule has 0 radical (unpaired) electrons. The van der Waals surface area contributed by atoms with Crippen LogP contribution in [0, 0.1) is 17.7 Å². The van der Waals surface area contributed by atoms with Crippen LogP contribution >= 0.6 is 11.6 Å². The zero-order valence-corrected chi connectivity index (χ0v) is 17.3. The quantitative estimate of drug-likeness (QED) is 0.722. The highest BCUT2D eigenvalue weighted by atomic mass is 35.5. The van der Waals surface area contributed by atoms with Gasteiger partial charge in [0.05, 0.1) is 11.1 Å². The first-order valence-electron chi connectivity index (χ1n) is 9.05. The van der Waals surface area contributed by atoms with Gasteiger partial charge in [-0.3, -0.25) is 0 Å². The Morgan fingerprint density at radius 1 is 1.21 bits per heavy atom. The van der Waals surface area contributed by atoms with E-state index in [0.717, 1.165) is 0 Å². The van der Waals surface area contributed by atoms with Crippen molar-refractivity contribution in [2.24, 2.45) is 0 Å². The van der Waals surface area contributed by atoms with Crippen molar-refractivity contribution in [3.8, 4) is 11.8 Å². The van der Waals surface area contributed by atoms with E-state index in [1.54, 1.807) is 16.7 Å². The van der Waals surface area contributed by atoms with Gasteiger partial charge >= 0.3 is 12.1 Å². The molecule has 1 heterocycles. The number of hydrogen-bond donors (Lipinski definition) is 1. The lowest BCUT2D eigenvalue weighted by molar-refractivity contribution is 0.0169. The highest BCUT2D eigenvalue weighted by molar-refractivity contribution is 6.30. The molecule has 8 heteroatoms. The van der Waals surface area contributed by atoms with Gasteiger partial charge in [0.25, 0.3) is 0 Å². The molecule has 0 aliphatic carbocycles. The van der Waals surface area contributed by atoms with Crippen LogP contribution < -0.4 is 5.32 Å². The van der Waals surface area contributed by atoms with Crippen LogP contribution in [0.2, 0.25) is 5.02 Å². The van der Waals surface area contributed by atoms with Gasteiger partial charge in [-0.2, -0.15) is 0 Å². The molecular formula is C20H25ClFN3O3. The fourth-order valence-corrected chi connectivity index (χ4v) is 2.68. The summed E-state index contributed by atoms with van der Waals surface area (Å²) in [6, 6.07) is 3.56. The first kappa shape index (κ1) is 21.8. The summed E-state index contributed by atoms with van der Waals surface area (Å²) in [4.78, 5) is 27.7. The van der Waals surface area contributed by atoms with E-state index in [4.69, 9.17) is 16.3 Å². The van der Waals surface area contributed by atoms with Crippen LogP contribution in [0.4, 0.5) is 14.0 Å². The number of rotatable bonds is 1. The van der Waals surface area contributed by atoms with E-state index in [0.29, 0.717) is 31.7 Å². The van der Waals surface area contributed by atoms with Gasteiger partial charge in [0, 0.05) is 31.7 Å². The second kappa shape index (κ2) is 9.16. The smallest absolute Gasteiger partial charge is 0.410 e. The summed E-state index contributed by atoms with van der Waals surface area (Å²) < 4.78 is 18.5. The number of hydrogen-bond acceptors (Lipinski definition) is 3. The van der Waals surface area contributed by atoms with E-state index < -0.39 is 17.5 Å². The van der Waals surface area contributed by atoms with Gasteiger partial charge in [-0.1, -0.05) is 23.4 Å². The molecule has 1 aromatic carbocycles. The third-order valence-corrected chi connectivity index (χ3v) is 4.20. The minimum Gasteiger partial charge on any atom is -0.444 e. The number of carbonyl (C=O) groups is 2. The first-order chi connectivity index (χ1) is 13.0. The maximum Gasteiger partial charge on any atom is 0.410 e. The number of piperazine rings is 1. The van der Waals surface area contributed by atoms with Gasteiger partial charge in [-0.15, -0.1) is 0 Å². The lowest BCUT2D eigenvalue weighted by Gasteiger charge is -2.35. The van der Waals surface area contributed by atoms with Crippen molar-refractivity contribution in [1.29, 1.82) is 0 Å². The molecule has 2 rings (SSSR count). The van der Waals surface area contributed by atoms with Gasteiger partial charge in [-0.05, 0) is 45.9 Å². The standard InChI is InChI=1S/C20H25ClFN3O3/c1-14(5-6-15-7-8-17(22)16(21)13-15)23-18(26)24-9-11-25(12-10-24)19(27)28-20(2,3)4/h7-8,13-14H,9-12H2,1-4H3,(H,23,26). The van der Waals surface area contributed by atoms with Crippen LogP contribution in [-0.2, 0) is 4.74 Å². The molecule has 0 spiro atoms. The Labute approximate surface area is 170 Å². The Morgan fingerprint density at radius 3 is 2.39 bits per heavy atom.